The molecule has 0 radical (unpaired) electrons. The lowest BCUT2D eigenvalue weighted by molar-refractivity contribution is -0.161. The van der Waals surface area contributed by atoms with E-state index in [0.29, 0.717) is 38.5 Å². The summed E-state index contributed by atoms with van der Waals surface area (Å²) in [6, 6.07) is 0. The van der Waals surface area contributed by atoms with E-state index >= 15 is 0 Å². The maximum atomic E-state index is 13.1. The minimum Gasteiger partial charge on any atom is -0.462 e. The molecule has 0 saturated heterocycles. The normalized spacial score (nSPS) is 14.8. The lowest BCUT2D eigenvalue weighted by Crippen LogP contribution is -2.30. The average Bonchev–Trinajstić information content (AvgIpc) is 0.896. The van der Waals surface area contributed by atoms with Gasteiger partial charge in [-0.3, -0.25) is 37.3 Å². The highest BCUT2D eigenvalue weighted by molar-refractivity contribution is 7.47. The van der Waals surface area contributed by atoms with E-state index in [1.807, 2.05) is 36.5 Å². The molecule has 0 aromatic carbocycles. The van der Waals surface area contributed by atoms with Crippen LogP contribution in [0.15, 0.2) is 194 Å². The number of carbonyl (C=O) groups excluding carboxylic acids is 4. The van der Waals surface area contributed by atoms with Crippen molar-refractivity contribution in [3.8, 4) is 0 Å². The fourth-order valence-electron chi connectivity index (χ4n) is 9.92. The predicted octanol–water partition coefficient (Wildman–Crippen LogP) is 24.1. The van der Waals surface area contributed by atoms with Gasteiger partial charge >= 0.3 is 39.5 Å². The number of unbranched alkanes of at least 4 members (excludes halogenated alkanes) is 16. The Bertz CT molecular complexity index is 2810. The van der Waals surface area contributed by atoms with Crippen LogP contribution in [0.4, 0.5) is 0 Å². The zero-order valence-electron chi connectivity index (χ0n) is 66.7. The molecule has 0 bridgehead atoms. The van der Waals surface area contributed by atoms with Crippen molar-refractivity contribution in [1.29, 1.82) is 0 Å². The maximum Gasteiger partial charge on any atom is 0.472 e. The van der Waals surface area contributed by atoms with Gasteiger partial charge in [0.05, 0.1) is 26.4 Å². The van der Waals surface area contributed by atoms with Gasteiger partial charge < -0.3 is 33.8 Å². The number of phosphoric acid groups is 2. The van der Waals surface area contributed by atoms with Crippen molar-refractivity contribution in [3.05, 3.63) is 194 Å². The summed E-state index contributed by atoms with van der Waals surface area (Å²) in [6.07, 6.45) is 97.2. The third-order valence-corrected chi connectivity index (χ3v) is 18.0. The number of hydrogen-bond acceptors (Lipinski definition) is 15. The predicted molar refractivity (Wildman–Crippen MR) is 445 cm³/mol. The zero-order valence-corrected chi connectivity index (χ0v) is 68.5. The second-order valence-electron chi connectivity index (χ2n) is 26.2. The standard InChI is InChI=1S/C89H142O17P2/c1-5-9-13-17-21-25-29-33-37-39-41-43-47-50-54-58-62-66-70-74-87(92)100-80-85(106-89(94)76-72-68-64-60-56-52-48-44-42-40-38-34-30-26-22-18-14-10-6-2)82-104-108(97,98)102-78-83(90)77-101-107(95,96)103-81-84(105-88(93)75-71-67-63-59-55-51-46-36-32-28-24-20-16-12-8-4)79-99-86(91)73-69-65-61-57-53-49-45-35-31-27-23-19-15-11-7-3/h9-10,13-14,21-28,33-38,41-46,50,52,54,56,62,64,66,68,83-85,90H,5-8,11-12,15-20,29-32,39-40,47-49,51,53,55,57-61,63,65,67,69-82H2,1-4H3,(H,95,96)(H,97,98). The van der Waals surface area contributed by atoms with Crippen LogP contribution in [-0.2, 0) is 65.4 Å². The van der Waals surface area contributed by atoms with Crippen molar-refractivity contribution in [3.63, 3.8) is 0 Å². The largest absolute Gasteiger partial charge is 0.472 e. The molecule has 3 N–H and O–H groups in total. The van der Waals surface area contributed by atoms with Crippen LogP contribution in [0.25, 0.3) is 0 Å². The molecule has 0 aromatic heterocycles. The van der Waals surface area contributed by atoms with E-state index in [1.165, 1.54) is 38.5 Å². The zero-order chi connectivity index (χ0) is 78.9. The van der Waals surface area contributed by atoms with Crippen LogP contribution in [0.1, 0.15) is 285 Å². The second-order valence-corrected chi connectivity index (χ2v) is 29.1. The lowest BCUT2D eigenvalue weighted by Gasteiger charge is -2.21. The first-order chi connectivity index (χ1) is 52.7. The Morgan fingerprint density at radius 3 is 0.815 bits per heavy atom. The Labute approximate surface area is 653 Å². The Morgan fingerprint density at radius 1 is 0.269 bits per heavy atom. The highest BCUT2D eigenvalue weighted by Crippen LogP contribution is 2.45. The van der Waals surface area contributed by atoms with Crippen molar-refractivity contribution in [2.75, 3.05) is 39.6 Å². The molecule has 5 atom stereocenters. The van der Waals surface area contributed by atoms with Gasteiger partial charge in [-0.05, 0) is 167 Å². The maximum absolute atomic E-state index is 13.1. The van der Waals surface area contributed by atoms with Crippen molar-refractivity contribution >= 4 is 39.5 Å². The lowest BCUT2D eigenvalue weighted by atomic mass is 10.1. The van der Waals surface area contributed by atoms with E-state index in [9.17, 15) is 43.2 Å². The van der Waals surface area contributed by atoms with E-state index < -0.39 is 97.5 Å². The van der Waals surface area contributed by atoms with Gasteiger partial charge in [-0.1, -0.05) is 286 Å². The molecule has 5 unspecified atom stereocenters. The van der Waals surface area contributed by atoms with E-state index in [0.717, 1.165) is 154 Å². The first-order valence-electron chi connectivity index (χ1n) is 40.7. The molecule has 610 valence electrons. The van der Waals surface area contributed by atoms with Crippen LogP contribution < -0.4 is 0 Å². The highest BCUT2D eigenvalue weighted by Gasteiger charge is 2.30. The van der Waals surface area contributed by atoms with Crippen LogP contribution in [-0.4, -0.2) is 96.7 Å². The first kappa shape index (κ1) is 102. The quantitative estimate of drug-likeness (QED) is 0.0169. The molecule has 17 nitrogen and oxygen atoms in total. The van der Waals surface area contributed by atoms with Crippen molar-refractivity contribution in [2.45, 2.75) is 303 Å². The topological polar surface area (TPSA) is 237 Å². The van der Waals surface area contributed by atoms with Gasteiger partial charge in [-0.2, -0.15) is 0 Å². The molecule has 0 aliphatic heterocycles. The fraction of sp³-hybridized carbons (Fsp3) is 0.596. The third-order valence-electron chi connectivity index (χ3n) is 16.1. The average molecular weight is 1550 g/mol. The molecule has 108 heavy (non-hydrogen) atoms. The van der Waals surface area contributed by atoms with Gasteiger partial charge in [-0.25, -0.2) is 9.13 Å². The summed E-state index contributed by atoms with van der Waals surface area (Å²) in [5.41, 5.74) is 0. The Kier molecular flexibility index (Phi) is 74.5. The summed E-state index contributed by atoms with van der Waals surface area (Å²) >= 11 is 0. The number of allylic oxidation sites excluding steroid dienone is 32. The van der Waals surface area contributed by atoms with Crippen molar-refractivity contribution in [2.24, 2.45) is 0 Å². The molecule has 19 heteroatoms. The Hall–Kier alpha value is -6.10. The summed E-state index contributed by atoms with van der Waals surface area (Å²) in [6.45, 7) is 4.37. The van der Waals surface area contributed by atoms with Crippen LogP contribution in [0.3, 0.4) is 0 Å². The van der Waals surface area contributed by atoms with Crippen molar-refractivity contribution in [1.82, 2.24) is 0 Å². The number of aliphatic hydroxyl groups excluding tert-OH is 1. The minimum atomic E-state index is -5.03. The van der Waals surface area contributed by atoms with Gasteiger partial charge in [0, 0.05) is 25.7 Å². The SMILES string of the molecule is CCC=CCC=CCC=CCC=CCC=CCC=CCCC(=O)OCC(COP(=O)(O)OCC(O)COP(=O)(O)OCC(COC(=O)CCCCCCCC=CCC=CCCCCC)OC(=O)CCCCCCCC=CCC=CCCCCC)OC(=O)CCC=CCC=CCC=CCC=CCC=CCC=CCC. The van der Waals surface area contributed by atoms with Crippen LogP contribution >= 0.6 is 15.6 Å². The third kappa shape index (κ3) is 78.0. The number of phosphoric ester groups is 2. The highest BCUT2D eigenvalue weighted by atomic mass is 31.2. The Balaban J connectivity index is 5.56. The summed E-state index contributed by atoms with van der Waals surface area (Å²) in [5, 5.41) is 10.7. The molecule has 0 saturated carbocycles. The van der Waals surface area contributed by atoms with Crippen LogP contribution in [0.5, 0.6) is 0 Å². The van der Waals surface area contributed by atoms with E-state index in [-0.39, 0.29) is 25.7 Å². The number of rotatable bonds is 74. The summed E-state index contributed by atoms with van der Waals surface area (Å²) in [7, 11) is -10.0. The monoisotopic (exact) mass is 1540 g/mol. The summed E-state index contributed by atoms with van der Waals surface area (Å²) in [5.74, 6) is -2.42. The van der Waals surface area contributed by atoms with Crippen LogP contribution in [0.2, 0.25) is 0 Å². The molecule has 0 spiro atoms. The molecular formula is C89H142O17P2. The van der Waals surface area contributed by atoms with E-state index in [2.05, 4.69) is 186 Å². The summed E-state index contributed by atoms with van der Waals surface area (Å²) in [4.78, 5) is 73.0. The number of ether oxygens (including phenoxy) is 4. The Morgan fingerprint density at radius 2 is 0.500 bits per heavy atom. The van der Waals surface area contributed by atoms with Crippen LogP contribution in [0, 0.1) is 0 Å². The van der Waals surface area contributed by atoms with Gasteiger partial charge in [-0.15, -0.1) is 0 Å². The number of hydrogen-bond donors (Lipinski definition) is 3. The van der Waals surface area contributed by atoms with Gasteiger partial charge in [0.15, 0.2) is 12.2 Å². The molecule has 0 heterocycles. The molecule has 0 rings (SSSR count). The second kappa shape index (κ2) is 79.0. The molecule has 0 aliphatic carbocycles. The summed E-state index contributed by atoms with van der Waals surface area (Å²) < 4.78 is 68.5. The minimum absolute atomic E-state index is 0.0117. The van der Waals surface area contributed by atoms with E-state index in [1.54, 1.807) is 0 Å². The smallest absolute Gasteiger partial charge is 0.462 e. The van der Waals surface area contributed by atoms with Gasteiger partial charge in [0.1, 0.15) is 19.3 Å². The fourth-order valence-corrected chi connectivity index (χ4v) is 11.5. The molecule has 0 amide bonds. The molecule has 0 aromatic rings. The van der Waals surface area contributed by atoms with Gasteiger partial charge in [0.2, 0.25) is 0 Å². The van der Waals surface area contributed by atoms with Gasteiger partial charge in [0.25, 0.3) is 0 Å². The van der Waals surface area contributed by atoms with E-state index in [4.69, 9.17) is 37.0 Å². The number of carbonyl (C=O) groups is 4. The number of aliphatic hydroxyl groups is 1. The number of esters is 4. The first-order valence-corrected chi connectivity index (χ1v) is 43.7. The molecule has 0 aliphatic rings. The van der Waals surface area contributed by atoms with Crippen molar-refractivity contribution < 1.29 is 80.2 Å². The molecule has 0 fully saturated rings. The molecular weight excluding hydrogens is 1400 g/mol.